The summed E-state index contributed by atoms with van der Waals surface area (Å²) in [5.74, 6) is 2.70. The van der Waals surface area contributed by atoms with Gasteiger partial charge in [0.15, 0.2) is 0 Å². The third-order valence-corrected chi connectivity index (χ3v) is 3.17. The van der Waals surface area contributed by atoms with Gasteiger partial charge in [0.25, 0.3) is 0 Å². The number of hydrogen-bond donors (Lipinski definition) is 1. The topological polar surface area (TPSA) is 26.7 Å². The molecule has 3 heteroatoms. The minimum absolute atomic E-state index is 0.333. The molecule has 1 heterocycles. The highest BCUT2D eigenvalue weighted by atomic mass is 16.2. The molecule has 92 valence electrons. The van der Waals surface area contributed by atoms with Crippen molar-refractivity contribution in [1.82, 2.24) is 9.80 Å². The normalized spacial score (nSPS) is 18.5. The Balaban J connectivity index is 2.01. The molecule has 0 aliphatic carbocycles. The van der Waals surface area contributed by atoms with Crippen LogP contribution in [0.3, 0.4) is 0 Å². The van der Waals surface area contributed by atoms with E-state index in [0.29, 0.717) is 6.61 Å². The molecule has 0 unspecified atom stereocenters. The Bertz CT molecular complexity index is 204. The number of unbranched alkanes of at least 4 members (excludes halogenated alkanes) is 2. The van der Waals surface area contributed by atoms with Gasteiger partial charge >= 0.3 is 0 Å². The van der Waals surface area contributed by atoms with Crippen LogP contribution in [0.15, 0.2) is 0 Å². The summed E-state index contributed by atoms with van der Waals surface area (Å²) in [6.45, 7) is 7.22. The molecule has 1 aliphatic heterocycles. The van der Waals surface area contributed by atoms with Crippen LogP contribution < -0.4 is 0 Å². The third kappa shape index (κ3) is 5.50. The van der Waals surface area contributed by atoms with Crippen molar-refractivity contribution in [2.24, 2.45) is 0 Å². The first-order valence-corrected chi connectivity index (χ1v) is 6.36. The molecule has 0 aromatic rings. The fourth-order valence-corrected chi connectivity index (χ4v) is 2.08. The summed E-state index contributed by atoms with van der Waals surface area (Å²) in [5.41, 5.74) is 0. The zero-order valence-corrected chi connectivity index (χ0v) is 10.2. The predicted molar refractivity (Wildman–Crippen MR) is 67.3 cm³/mol. The zero-order valence-electron chi connectivity index (χ0n) is 10.2. The minimum Gasteiger partial charge on any atom is -0.396 e. The van der Waals surface area contributed by atoms with E-state index in [1.165, 1.54) is 26.1 Å². The van der Waals surface area contributed by atoms with E-state index in [9.17, 15) is 0 Å². The monoisotopic (exact) mass is 224 g/mol. The predicted octanol–water partition coefficient (Wildman–Crippen LogP) is 0.790. The van der Waals surface area contributed by atoms with Crippen molar-refractivity contribution >= 4 is 0 Å². The summed E-state index contributed by atoms with van der Waals surface area (Å²) in [6.07, 6.45) is 9.44. The van der Waals surface area contributed by atoms with Crippen molar-refractivity contribution in [2.45, 2.75) is 25.7 Å². The Morgan fingerprint density at radius 3 is 2.12 bits per heavy atom. The van der Waals surface area contributed by atoms with Crippen LogP contribution in [-0.4, -0.2) is 60.8 Å². The summed E-state index contributed by atoms with van der Waals surface area (Å²) in [5, 5.41) is 8.68. The fourth-order valence-electron chi connectivity index (χ4n) is 2.08. The van der Waals surface area contributed by atoms with Crippen molar-refractivity contribution < 1.29 is 5.11 Å². The quantitative estimate of drug-likeness (QED) is 0.511. The molecular weight excluding hydrogens is 200 g/mol. The molecule has 0 aromatic heterocycles. The van der Waals surface area contributed by atoms with Crippen LogP contribution in [-0.2, 0) is 0 Å². The van der Waals surface area contributed by atoms with Crippen molar-refractivity contribution in [3.8, 4) is 12.3 Å². The number of aliphatic hydroxyl groups excluding tert-OH is 1. The SMILES string of the molecule is C#CCCN1CCN(CCCCCO)CC1. The molecular formula is C13H24N2O. The van der Waals surface area contributed by atoms with E-state index in [1.807, 2.05) is 0 Å². The molecule has 1 N–H and O–H groups in total. The smallest absolute Gasteiger partial charge is 0.0431 e. The molecule has 0 atom stereocenters. The molecule has 1 rings (SSSR count). The van der Waals surface area contributed by atoms with Gasteiger partial charge in [-0.05, 0) is 25.8 Å². The lowest BCUT2D eigenvalue weighted by molar-refractivity contribution is 0.132. The Kier molecular flexibility index (Phi) is 7.24. The second kappa shape index (κ2) is 8.58. The largest absolute Gasteiger partial charge is 0.396 e. The lowest BCUT2D eigenvalue weighted by atomic mass is 10.2. The van der Waals surface area contributed by atoms with Gasteiger partial charge in [0.05, 0.1) is 0 Å². The molecule has 0 spiro atoms. The van der Waals surface area contributed by atoms with Crippen LogP contribution in [0.5, 0.6) is 0 Å². The van der Waals surface area contributed by atoms with Gasteiger partial charge in [0.2, 0.25) is 0 Å². The number of piperazine rings is 1. The number of rotatable bonds is 7. The van der Waals surface area contributed by atoms with Gasteiger partial charge in [0, 0.05) is 45.8 Å². The molecule has 1 fully saturated rings. The second-order valence-corrected chi connectivity index (χ2v) is 4.42. The van der Waals surface area contributed by atoms with Crippen molar-refractivity contribution in [2.75, 3.05) is 45.9 Å². The lowest BCUT2D eigenvalue weighted by Crippen LogP contribution is -2.46. The van der Waals surface area contributed by atoms with Crippen LogP contribution in [0.2, 0.25) is 0 Å². The molecule has 0 bridgehead atoms. The van der Waals surface area contributed by atoms with E-state index in [4.69, 9.17) is 11.5 Å². The Morgan fingerprint density at radius 1 is 0.938 bits per heavy atom. The summed E-state index contributed by atoms with van der Waals surface area (Å²) in [4.78, 5) is 4.97. The molecule has 3 nitrogen and oxygen atoms in total. The first kappa shape index (κ1) is 13.5. The Morgan fingerprint density at radius 2 is 1.56 bits per heavy atom. The Hall–Kier alpha value is -0.560. The summed E-state index contributed by atoms with van der Waals surface area (Å²) in [6, 6.07) is 0. The van der Waals surface area contributed by atoms with Gasteiger partial charge in [-0.25, -0.2) is 0 Å². The van der Waals surface area contributed by atoms with Gasteiger partial charge in [0.1, 0.15) is 0 Å². The maximum absolute atomic E-state index is 8.68. The molecule has 1 saturated heterocycles. The maximum Gasteiger partial charge on any atom is 0.0431 e. The molecule has 0 amide bonds. The van der Waals surface area contributed by atoms with E-state index in [0.717, 1.165) is 38.9 Å². The molecule has 1 aliphatic rings. The van der Waals surface area contributed by atoms with Crippen molar-refractivity contribution in [1.29, 1.82) is 0 Å². The van der Waals surface area contributed by atoms with Crippen LogP contribution in [0.1, 0.15) is 25.7 Å². The highest BCUT2D eigenvalue weighted by molar-refractivity contribution is 4.85. The standard InChI is InChI=1S/C13H24N2O/c1-2-3-7-14-9-11-15(12-10-14)8-5-4-6-13-16/h1,16H,3-13H2. The number of terminal acetylenes is 1. The van der Waals surface area contributed by atoms with Crippen LogP contribution in [0.4, 0.5) is 0 Å². The van der Waals surface area contributed by atoms with Gasteiger partial charge in [-0.3, -0.25) is 4.90 Å². The van der Waals surface area contributed by atoms with Crippen molar-refractivity contribution in [3.05, 3.63) is 0 Å². The highest BCUT2D eigenvalue weighted by Gasteiger charge is 2.15. The highest BCUT2D eigenvalue weighted by Crippen LogP contribution is 2.04. The van der Waals surface area contributed by atoms with E-state index < -0.39 is 0 Å². The van der Waals surface area contributed by atoms with Crippen LogP contribution >= 0.6 is 0 Å². The summed E-state index contributed by atoms with van der Waals surface area (Å²) < 4.78 is 0. The third-order valence-electron chi connectivity index (χ3n) is 3.17. The zero-order chi connectivity index (χ0) is 11.6. The molecule has 16 heavy (non-hydrogen) atoms. The molecule has 0 aromatic carbocycles. The van der Waals surface area contributed by atoms with E-state index >= 15 is 0 Å². The van der Waals surface area contributed by atoms with Crippen LogP contribution in [0.25, 0.3) is 0 Å². The molecule has 0 radical (unpaired) electrons. The van der Waals surface area contributed by atoms with Crippen LogP contribution in [0, 0.1) is 12.3 Å². The average Bonchev–Trinajstić information content (AvgIpc) is 2.33. The average molecular weight is 224 g/mol. The number of hydrogen-bond acceptors (Lipinski definition) is 3. The number of aliphatic hydroxyl groups is 1. The summed E-state index contributed by atoms with van der Waals surface area (Å²) >= 11 is 0. The minimum atomic E-state index is 0.333. The lowest BCUT2D eigenvalue weighted by Gasteiger charge is -2.34. The van der Waals surface area contributed by atoms with E-state index in [-0.39, 0.29) is 0 Å². The first-order valence-electron chi connectivity index (χ1n) is 6.36. The fraction of sp³-hybridized carbons (Fsp3) is 0.846. The molecule has 0 saturated carbocycles. The van der Waals surface area contributed by atoms with E-state index in [1.54, 1.807) is 0 Å². The van der Waals surface area contributed by atoms with Gasteiger partial charge in [-0.1, -0.05) is 0 Å². The van der Waals surface area contributed by atoms with Gasteiger partial charge in [-0.15, -0.1) is 12.3 Å². The Labute approximate surface area is 99.4 Å². The summed E-state index contributed by atoms with van der Waals surface area (Å²) in [7, 11) is 0. The second-order valence-electron chi connectivity index (χ2n) is 4.42. The maximum atomic E-state index is 8.68. The van der Waals surface area contributed by atoms with Crippen molar-refractivity contribution in [3.63, 3.8) is 0 Å². The van der Waals surface area contributed by atoms with Gasteiger partial charge in [-0.2, -0.15) is 0 Å². The first-order chi connectivity index (χ1) is 7.86. The van der Waals surface area contributed by atoms with E-state index in [2.05, 4.69) is 15.7 Å². The van der Waals surface area contributed by atoms with Gasteiger partial charge < -0.3 is 10.0 Å². The number of nitrogens with zero attached hydrogens (tertiary/aromatic N) is 2.